The minimum atomic E-state index is -0.529. The lowest BCUT2D eigenvalue weighted by Crippen LogP contribution is -2.17. The van der Waals surface area contributed by atoms with Crippen LogP contribution < -0.4 is 5.32 Å². The Hall–Kier alpha value is -3.27. The predicted molar refractivity (Wildman–Crippen MR) is 99.2 cm³/mol. The van der Waals surface area contributed by atoms with Crippen LogP contribution in [0.4, 0.5) is 5.69 Å². The van der Waals surface area contributed by atoms with Crippen LogP contribution in [0.15, 0.2) is 46.5 Å². The van der Waals surface area contributed by atoms with Crippen molar-refractivity contribution < 1.29 is 9.72 Å². The highest BCUT2D eigenvalue weighted by Gasteiger charge is 2.21. The predicted octanol–water partition coefficient (Wildman–Crippen LogP) is 2.70. The van der Waals surface area contributed by atoms with Gasteiger partial charge < -0.3 is 5.32 Å². The first-order valence-electron chi connectivity index (χ1n) is 7.95. The maximum absolute atomic E-state index is 11.7. The number of nitrogens with one attached hydrogen (secondary N) is 1. The van der Waals surface area contributed by atoms with Crippen LogP contribution in [-0.4, -0.2) is 38.1 Å². The van der Waals surface area contributed by atoms with Crippen molar-refractivity contribution in [1.82, 2.24) is 25.5 Å². The van der Waals surface area contributed by atoms with Crippen LogP contribution in [0, 0.1) is 24.0 Å². The largest absolute Gasteiger partial charge is 0.355 e. The van der Waals surface area contributed by atoms with E-state index in [0.29, 0.717) is 10.1 Å². The van der Waals surface area contributed by atoms with Crippen molar-refractivity contribution in [2.75, 3.05) is 7.05 Å². The van der Waals surface area contributed by atoms with Gasteiger partial charge in [-0.25, -0.2) is 0 Å². The number of hydrogen-bond donors (Lipinski definition) is 1. The third-order valence-electron chi connectivity index (χ3n) is 4.02. The Balaban J connectivity index is 1.99. The minimum Gasteiger partial charge on any atom is -0.355 e. The zero-order valence-electron chi connectivity index (χ0n) is 14.8. The number of aromatic nitrogens is 4. The number of nitro groups is 1. The molecular weight excluding hydrogens is 368 g/mol. The number of carbonyl (C=O) groups excluding carboxylic acids is 1. The molecule has 138 valence electrons. The van der Waals surface area contributed by atoms with Gasteiger partial charge in [0.2, 0.25) is 5.16 Å². The van der Waals surface area contributed by atoms with Crippen molar-refractivity contribution in [3.05, 3.63) is 63.2 Å². The van der Waals surface area contributed by atoms with Gasteiger partial charge in [0.05, 0.1) is 15.5 Å². The minimum absolute atomic E-state index is 0.185. The lowest BCUT2D eigenvalue weighted by atomic mass is 10.1. The summed E-state index contributed by atoms with van der Waals surface area (Å²) in [5, 5.41) is 25.9. The van der Waals surface area contributed by atoms with E-state index in [4.69, 9.17) is 0 Å². The van der Waals surface area contributed by atoms with Gasteiger partial charge >= 0.3 is 0 Å². The summed E-state index contributed by atoms with van der Waals surface area (Å²) in [7, 11) is 1.47. The summed E-state index contributed by atoms with van der Waals surface area (Å²) in [6.07, 6.45) is 0. The molecule has 0 unspecified atom stereocenters. The second kappa shape index (κ2) is 7.54. The van der Waals surface area contributed by atoms with Crippen molar-refractivity contribution in [2.45, 2.75) is 23.9 Å². The van der Waals surface area contributed by atoms with E-state index in [9.17, 15) is 14.9 Å². The molecule has 2 aromatic carbocycles. The van der Waals surface area contributed by atoms with Crippen LogP contribution in [0.25, 0.3) is 5.69 Å². The van der Waals surface area contributed by atoms with Crippen LogP contribution in [0.2, 0.25) is 0 Å². The van der Waals surface area contributed by atoms with Gasteiger partial charge in [0, 0.05) is 18.7 Å². The van der Waals surface area contributed by atoms with Crippen LogP contribution in [0.1, 0.15) is 21.5 Å². The number of carbonyl (C=O) groups is 1. The lowest BCUT2D eigenvalue weighted by Gasteiger charge is -2.08. The molecule has 10 heteroatoms. The molecule has 27 heavy (non-hydrogen) atoms. The summed E-state index contributed by atoms with van der Waals surface area (Å²) in [5.74, 6) is -0.394. The first-order chi connectivity index (χ1) is 12.9. The molecule has 3 aromatic rings. The summed E-state index contributed by atoms with van der Waals surface area (Å²) in [6, 6.07) is 10.1. The second-order valence-corrected chi connectivity index (χ2v) is 6.77. The molecule has 0 aliphatic rings. The SMILES string of the molecule is CNC(=O)c1ccc(Sc2nnnn2-c2ccc(C)c(C)c2)c([N+](=O)[O-])c1. The van der Waals surface area contributed by atoms with Gasteiger partial charge in [0.25, 0.3) is 11.6 Å². The lowest BCUT2D eigenvalue weighted by molar-refractivity contribution is -0.387. The summed E-state index contributed by atoms with van der Waals surface area (Å²) in [6.45, 7) is 3.99. The molecule has 0 radical (unpaired) electrons. The molecule has 1 aromatic heterocycles. The monoisotopic (exact) mass is 384 g/mol. The van der Waals surface area contributed by atoms with Gasteiger partial charge in [0.1, 0.15) is 0 Å². The maximum Gasteiger partial charge on any atom is 0.284 e. The standard InChI is InChI=1S/C17H16N6O3S/c1-10-4-6-13(8-11(10)2)22-17(19-20-21-22)27-15-7-5-12(16(24)18-3)9-14(15)23(25)26/h4-9H,1-3H3,(H,18,24). The van der Waals surface area contributed by atoms with Crippen molar-refractivity contribution in [1.29, 1.82) is 0 Å². The molecule has 1 heterocycles. The Morgan fingerprint density at radius 3 is 2.63 bits per heavy atom. The highest BCUT2D eigenvalue weighted by Crippen LogP contribution is 2.35. The molecule has 3 rings (SSSR count). The normalized spacial score (nSPS) is 10.6. The van der Waals surface area contributed by atoms with Crippen LogP contribution in [-0.2, 0) is 0 Å². The fourth-order valence-electron chi connectivity index (χ4n) is 2.39. The number of nitro benzene ring substituents is 1. The van der Waals surface area contributed by atoms with Gasteiger partial charge in [-0.1, -0.05) is 6.07 Å². The maximum atomic E-state index is 11.7. The van der Waals surface area contributed by atoms with Crippen LogP contribution >= 0.6 is 11.8 Å². The number of rotatable bonds is 5. The number of hydrogen-bond acceptors (Lipinski definition) is 7. The Morgan fingerprint density at radius 2 is 1.96 bits per heavy atom. The molecule has 0 fully saturated rings. The molecule has 0 aliphatic heterocycles. The zero-order chi connectivity index (χ0) is 19.6. The third-order valence-corrected chi connectivity index (χ3v) is 5.02. The molecule has 0 saturated carbocycles. The van der Waals surface area contributed by atoms with Crippen molar-refractivity contribution >= 4 is 23.4 Å². The van der Waals surface area contributed by atoms with Gasteiger partial charge in [-0.05, 0) is 71.4 Å². The highest BCUT2D eigenvalue weighted by atomic mass is 32.2. The highest BCUT2D eigenvalue weighted by molar-refractivity contribution is 7.99. The van der Waals surface area contributed by atoms with E-state index in [1.807, 2.05) is 32.0 Å². The molecule has 0 atom stereocenters. The van der Waals surface area contributed by atoms with E-state index in [1.54, 1.807) is 0 Å². The van der Waals surface area contributed by atoms with Gasteiger partial charge in [0.15, 0.2) is 0 Å². The van der Waals surface area contributed by atoms with E-state index in [2.05, 4.69) is 20.8 Å². The molecule has 1 amide bonds. The second-order valence-electron chi connectivity index (χ2n) is 5.76. The first-order valence-corrected chi connectivity index (χ1v) is 8.76. The number of amides is 1. The summed E-state index contributed by atoms with van der Waals surface area (Å²) in [4.78, 5) is 23.0. The zero-order valence-corrected chi connectivity index (χ0v) is 15.6. The van der Waals surface area contributed by atoms with E-state index in [1.165, 1.54) is 29.9 Å². The topological polar surface area (TPSA) is 116 Å². The Labute approximate surface area is 158 Å². The molecule has 1 N–H and O–H groups in total. The quantitative estimate of drug-likeness (QED) is 0.531. The average Bonchev–Trinajstić information content (AvgIpc) is 3.11. The van der Waals surface area contributed by atoms with E-state index < -0.39 is 10.8 Å². The van der Waals surface area contributed by atoms with Crippen molar-refractivity contribution in [3.8, 4) is 5.69 Å². The fourth-order valence-corrected chi connectivity index (χ4v) is 3.27. The summed E-state index contributed by atoms with van der Waals surface area (Å²) >= 11 is 1.06. The fraction of sp³-hybridized carbons (Fsp3) is 0.176. The molecule has 0 spiro atoms. The molecule has 0 aliphatic carbocycles. The van der Waals surface area contributed by atoms with Gasteiger partial charge in [-0.15, -0.1) is 5.10 Å². The third kappa shape index (κ3) is 3.80. The molecular formula is C17H16N6O3S. The molecule has 9 nitrogen and oxygen atoms in total. The number of tetrazole rings is 1. The van der Waals surface area contributed by atoms with Crippen LogP contribution in [0.5, 0.6) is 0 Å². The van der Waals surface area contributed by atoms with E-state index in [0.717, 1.165) is 28.6 Å². The Kier molecular flexibility index (Phi) is 5.17. The smallest absolute Gasteiger partial charge is 0.284 e. The molecule has 0 saturated heterocycles. The van der Waals surface area contributed by atoms with Crippen LogP contribution in [0.3, 0.4) is 0 Å². The summed E-state index contributed by atoms with van der Waals surface area (Å²) < 4.78 is 1.52. The summed E-state index contributed by atoms with van der Waals surface area (Å²) in [5.41, 5.74) is 3.01. The van der Waals surface area contributed by atoms with E-state index in [-0.39, 0.29) is 11.3 Å². The molecule has 0 bridgehead atoms. The average molecular weight is 384 g/mol. The number of benzene rings is 2. The number of aryl methyl sites for hydroxylation is 2. The van der Waals surface area contributed by atoms with Gasteiger partial charge in [-0.2, -0.15) is 4.68 Å². The Morgan fingerprint density at radius 1 is 1.19 bits per heavy atom. The van der Waals surface area contributed by atoms with E-state index >= 15 is 0 Å². The van der Waals surface area contributed by atoms with Crippen molar-refractivity contribution in [2.24, 2.45) is 0 Å². The number of nitrogens with zero attached hydrogens (tertiary/aromatic N) is 5. The Bertz CT molecular complexity index is 1030. The van der Waals surface area contributed by atoms with Gasteiger partial charge in [-0.3, -0.25) is 14.9 Å². The van der Waals surface area contributed by atoms with Crippen molar-refractivity contribution in [3.63, 3.8) is 0 Å². The first kappa shape index (κ1) is 18.5.